The van der Waals surface area contributed by atoms with E-state index in [1.807, 2.05) is 0 Å². The second kappa shape index (κ2) is 10.2. The minimum atomic E-state index is -3.81. The maximum atomic E-state index is 12.9. The van der Waals surface area contributed by atoms with Crippen molar-refractivity contribution in [2.75, 3.05) is 59.0 Å². The zero-order chi connectivity index (χ0) is 22.6. The van der Waals surface area contributed by atoms with Crippen LogP contribution < -0.4 is 5.32 Å². The molecule has 9 nitrogen and oxygen atoms in total. The number of sulfonamides is 1. The predicted molar refractivity (Wildman–Crippen MR) is 118 cm³/mol. The topological polar surface area (TPSA) is 102 Å². The highest BCUT2D eigenvalue weighted by Crippen LogP contribution is 2.27. The summed E-state index contributed by atoms with van der Waals surface area (Å²) >= 11 is 0. The Morgan fingerprint density at radius 1 is 1.13 bits per heavy atom. The number of aromatic hydroxyl groups is 1. The van der Waals surface area contributed by atoms with Gasteiger partial charge in [0.2, 0.25) is 10.0 Å². The average Bonchev–Trinajstić information content (AvgIpc) is 2.76. The van der Waals surface area contributed by atoms with Gasteiger partial charge in [0, 0.05) is 51.9 Å². The molecule has 0 bridgehead atoms. The third kappa shape index (κ3) is 5.68. The number of ether oxygens (including phenoxy) is 1. The molecule has 2 fully saturated rings. The second-order valence-corrected chi connectivity index (χ2v) is 10.4. The summed E-state index contributed by atoms with van der Waals surface area (Å²) < 4.78 is 32.6. The van der Waals surface area contributed by atoms with Crippen molar-refractivity contribution in [3.63, 3.8) is 0 Å². The molecule has 2 heterocycles. The Morgan fingerprint density at radius 2 is 1.77 bits per heavy atom. The number of carbonyl (C=O) groups is 1. The van der Waals surface area contributed by atoms with E-state index in [1.54, 1.807) is 17.9 Å². The molecule has 0 saturated carbocycles. The SMILES string of the molecule is Cc1ccc(O)c(S(=O)(=O)N2CCN(C(=O)NCC(C(C)C)N3CCOCC3)CC2)c1. The van der Waals surface area contributed by atoms with Gasteiger partial charge in [-0.2, -0.15) is 4.31 Å². The van der Waals surface area contributed by atoms with E-state index in [2.05, 4.69) is 24.1 Å². The number of amides is 2. The first-order valence-corrected chi connectivity index (χ1v) is 12.3. The van der Waals surface area contributed by atoms with E-state index in [-0.39, 0.29) is 35.8 Å². The van der Waals surface area contributed by atoms with Crippen LogP contribution in [-0.4, -0.2) is 98.7 Å². The molecule has 2 amide bonds. The molecule has 2 saturated heterocycles. The van der Waals surface area contributed by atoms with Crippen LogP contribution in [0.15, 0.2) is 23.1 Å². The number of phenolic OH excluding ortho intramolecular Hbond substituents is 1. The van der Waals surface area contributed by atoms with Gasteiger partial charge in [0.1, 0.15) is 10.6 Å². The van der Waals surface area contributed by atoms with Crippen molar-refractivity contribution in [1.82, 2.24) is 19.4 Å². The second-order valence-electron chi connectivity index (χ2n) is 8.51. The summed E-state index contributed by atoms with van der Waals surface area (Å²) in [5.74, 6) is 0.135. The van der Waals surface area contributed by atoms with E-state index in [0.29, 0.717) is 38.8 Å². The zero-order valence-corrected chi connectivity index (χ0v) is 19.4. The summed E-state index contributed by atoms with van der Waals surface area (Å²) in [5.41, 5.74) is 0.759. The van der Waals surface area contributed by atoms with Crippen LogP contribution in [0.1, 0.15) is 19.4 Å². The van der Waals surface area contributed by atoms with Gasteiger partial charge < -0.3 is 20.1 Å². The number of piperazine rings is 1. The van der Waals surface area contributed by atoms with Crippen molar-refractivity contribution in [1.29, 1.82) is 0 Å². The Balaban J connectivity index is 1.55. The number of nitrogens with zero attached hydrogens (tertiary/aromatic N) is 3. The molecule has 1 atom stereocenters. The monoisotopic (exact) mass is 454 g/mol. The van der Waals surface area contributed by atoms with Gasteiger partial charge in [-0.1, -0.05) is 19.9 Å². The lowest BCUT2D eigenvalue weighted by Crippen LogP contribution is -2.56. The van der Waals surface area contributed by atoms with Gasteiger partial charge in [-0.3, -0.25) is 4.90 Å². The van der Waals surface area contributed by atoms with Crippen molar-refractivity contribution in [2.24, 2.45) is 5.92 Å². The van der Waals surface area contributed by atoms with Crippen molar-refractivity contribution in [3.8, 4) is 5.75 Å². The average molecular weight is 455 g/mol. The largest absolute Gasteiger partial charge is 0.507 e. The maximum Gasteiger partial charge on any atom is 0.317 e. The molecule has 1 aromatic carbocycles. The first kappa shape index (κ1) is 23.8. The fourth-order valence-corrected chi connectivity index (χ4v) is 5.69. The Morgan fingerprint density at radius 3 is 2.39 bits per heavy atom. The van der Waals surface area contributed by atoms with Gasteiger partial charge in [-0.15, -0.1) is 0 Å². The number of nitrogens with one attached hydrogen (secondary N) is 1. The smallest absolute Gasteiger partial charge is 0.317 e. The molecule has 3 rings (SSSR count). The van der Waals surface area contributed by atoms with Crippen LogP contribution in [0.3, 0.4) is 0 Å². The molecule has 1 unspecified atom stereocenters. The number of hydrogen-bond donors (Lipinski definition) is 2. The third-order valence-electron chi connectivity index (χ3n) is 6.01. The summed E-state index contributed by atoms with van der Waals surface area (Å²) in [7, 11) is -3.81. The molecular weight excluding hydrogens is 420 g/mol. The van der Waals surface area contributed by atoms with Crippen LogP contribution >= 0.6 is 0 Å². The van der Waals surface area contributed by atoms with Crippen molar-refractivity contribution in [2.45, 2.75) is 31.7 Å². The van der Waals surface area contributed by atoms with Crippen molar-refractivity contribution in [3.05, 3.63) is 23.8 Å². The van der Waals surface area contributed by atoms with Gasteiger partial charge in [0.05, 0.1) is 13.2 Å². The summed E-state index contributed by atoms with van der Waals surface area (Å²) in [6.07, 6.45) is 0. The molecule has 31 heavy (non-hydrogen) atoms. The molecule has 10 heteroatoms. The number of urea groups is 1. The highest BCUT2D eigenvalue weighted by atomic mass is 32.2. The summed E-state index contributed by atoms with van der Waals surface area (Å²) in [5, 5.41) is 13.1. The van der Waals surface area contributed by atoms with E-state index in [0.717, 1.165) is 18.7 Å². The highest BCUT2D eigenvalue weighted by molar-refractivity contribution is 7.89. The normalized spacial score (nSPS) is 20.1. The number of hydrogen-bond acceptors (Lipinski definition) is 6. The highest BCUT2D eigenvalue weighted by Gasteiger charge is 2.32. The first-order valence-electron chi connectivity index (χ1n) is 10.8. The molecule has 0 aliphatic carbocycles. The van der Waals surface area contributed by atoms with E-state index < -0.39 is 10.0 Å². The lowest BCUT2D eigenvalue weighted by atomic mass is 10.0. The van der Waals surface area contributed by atoms with Crippen LogP contribution in [0.4, 0.5) is 4.79 Å². The summed E-state index contributed by atoms with van der Waals surface area (Å²) in [4.78, 5) is 16.6. The Labute approximate surface area is 185 Å². The molecule has 0 radical (unpaired) electrons. The summed E-state index contributed by atoms with van der Waals surface area (Å²) in [6.45, 7) is 10.8. The van der Waals surface area contributed by atoms with E-state index >= 15 is 0 Å². The maximum absolute atomic E-state index is 12.9. The van der Waals surface area contributed by atoms with Gasteiger partial charge >= 0.3 is 6.03 Å². The van der Waals surface area contributed by atoms with Gasteiger partial charge in [-0.05, 0) is 30.5 Å². The van der Waals surface area contributed by atoms with Crippen LogP contribution in [0.5, 0.6) is 5.75 Å². The first-order chi connectivity index (χ1) is 14.7. The van der Waals surface area contributed by atoms with Gasteiger partial charge in [-0.25, -0.2) is 13.2 Å². The molecule has 0 spiro atoms. The van der Waals surface area contributed by atoms with E-state index in [9.17, 15) is 18.3 Å². The molecule has 0 aromatic heterocycles. The van der Waals surface area contributed by atoms with Gasteiger partial charge in [0.25, 0.3) is 0 Å². The van der Waals surface area contributed by atoms with Crippen LogP contribution in [-0.2, 0) is 14.8 Å². The quantitative estimate of drug-likeness (QED) is 0.667. The zero-order valence-electron chi connectivity index (χ0n) is 18.6. The number of carbonyl (C=O) groups excluding carboxylic acids is 1. The predicted octanol–water partition coefficient (Wildman–Crippen LogP) is 1.07. The fourth-order valence-electron chi connectivity index (χ4n) is 4.10. The number of phenols is 1. The molecule has 2 N–H and O–H groups in total. The molecule has 1 aromatic rings. The number of aryl methyl sites for hydroxylation is 1. The van der Waals surface area contributed by atoms with Crippen LogP contribution in [0.25, 0.3) is 0 Å². The van der Waals surface area contributed by atoms with E-state index in [1.165, 1.54) is 16.4 Å². The lowest BCUT2D eigenvalue weighted by molar-refractivity contribution is 0.00688. The van der Waals surface area contributed by atoms with E-state index in [4.69, 9.17) is 4.74 Å². The standard InChI is InChI=1S/C21H34N4O5S/c1-16(2)18(23-10-12-30-13-11-23)15-22-21(27)24-6-8-25(9-7-24)31(28,29)20-14-17(3)4-5-19(20)26/h4-5,14,16,18,26H,6-13,15H2,1-3H3,(H,22,27). The summed E-state index contributed by atoms with van der Waals surface area (Å²) in [6, 6.07) is 4.60. The van der Waals surface area contributed by atoms with Gasteiger partial charge in [0.15, 0.2) is 0 Å². The molecular formula is C21H34N4O5S. The van der Waals surface area contributed by atoms with Crippen molar-refractivity contribution < 1.29 is 23.1 Å². The van der Waals surface area contributed by atoms with Crippen LogP contribution in [0.2, 0.25) is 0 Å². The Kier molecular flexibility index (Phi) is 7.79. The molecule has 2 aliphatic heterocycles. The lowest BCUT2D eigenvalue weighted by Gasteiger charge is -2.38. The van der Waals surface area contributed by atoms with Crippen LogP contribution in [0, 0.1) is 12.8 Å². The Bertz CT molecular complexity index is 863. The molecule has 2 aliphatic rings. The minimum absolute atomic E-state index is 0.0873. The number of morpholine rings is 1. The number of rotatable bonds is 6. The van der Waals surface area contributed by atoms with Crippen molar-refractivity contribution >= 4 is 16.1 Å². The fraction of sp³-hybridized carbons (Fsp3) is 0.667. The Hall–Kier alpha value is -1.88. The third-order valence-corrected chi connectivity index (χ3v) is 7.93. The molecule has 174 valence electrons. The minimum Gasteiger partial charge on any atom is -0.507 e. The number of benzene rings is 1.